The Morgan fingerprint density at radius 2 is 1.47 bits per heavy atom. The molecule has 3 aliphatic heterocycles. The molecule has 4 heterocycles. The van der Waals surface area contributed by atoms with Crippen LogP contribution in [0.15, 0.2) is 97.7 Å². The number of rotatable bonds is 20. The van der Waals surface area contributed by atoms with Crippen LogP contribution in [0, 0.1) is 11.8 Å². The minimum absolute atomic E-state index is 0.0290. The lowest BCUT2D eigenvalue weighted by Crippen LogP contribution is -2.67. The van der Waals surface area contributed by atoms with E-state index in [-0.39, 0.29) is 6.10 Å². The Labute approximate surface area is 329 Å². The van der Waals surface area contributed by atoms with E-state index in [1.54, 1.807) is 7.11 Å². The van der Waals surface area contributed by atoms with Gasteiger partial charge in [0.05, 0.1) is 25.7 Å². The van der Waals surface area contributed by atoms with Gasteiger partial charge < -0.3 is 14.0 Å². The summed E-state index contributed by atoms with van der Waals surface area (Å²) in [5, 5.41) is 9.37. The third-order valence-corrected chi connectivity index (χ3v) is 13.7. The number of hydrogen-bond donors (Lipinski definition) is 0. The second kappa shape index (κ2) is 17.4. The first kappa shape index (κ1) is 37.9. The fraction of sp³-hybridized carbons (Fsp3) is 0.471. The highest BCUT2D eigenvalue weighted by atomic mass is 16.5. The Morgan fingerprint density at radius 3 is 2.20 bits per heavy atom. The summed E-state index contributed by atoms with van der Waals surface area (Å²) in [6.45, 7) is 10.8. The highest BCUT2D eigenvalue weighted by Gasteiger charge is 2.54. The van der Waals surface area contributed by atoms with E-state index in [1.165, 1.54) is 127 Å². The molecule has 55 heavy (non-hydrogen) atoms. The van der Waals surface area contributed by atoms with Gasteiger partial charge in [-0.3, -0.25) is 4.98 Å². The lowest BCUT2D eigenvalue weighted by atomic mass is 9.71. The third kappa shape index (κ3) is 7.87. The molecule has 5 atom stereocenters. The predicted octanol–water partition coefficient (Wildman–Crippen LogP) is 13.5. The molecule has 288 valence electrons. The smallest absolute Gasteiger partial charge is 0.135 e. The average Bonchev–Trinajstić information content (AvgIpc) is 3.23. The molecule has 5 aromatic carbocycles. The van der Waals surface area contributed by atoms with E-state index >= 15 is 0 Å². The summed E-state index contributed by atoms with van der Waals surface area (Å²) in [6.07, 6.45) is 22.8. The molecule has 0 saturated carbocycles. The highest BCUT2D eigenvalue weighted by Crippen LogP contribution is 2.50. The number of benzene rings is 5. The van der Waals surface area contributed by atoms with Gasteiger partial charge in [-0.25, -0.2) is 0 Å². The zero-order valence-electron chi connectivity index (χ0n) is 33.6. The highest BCUT2D eigenvalue weighted by molar-refractivity contribution is 6.23. The number of hydrogen-bond acceptors (Lipinski definition) is 3. The van der Waals surface area contributed by atoms with Crippen molar-refractivity contribution in [3.63, 3.8) is 0 Å². The van der Waals surface area contributed by atoms with E-state index in [1.807, 2.05) is 12.3 Å². The van der Waals surface area contributed by atoms with Crippen molar-refractivity contribution in [2.75, 3.05) is 26.8 Å². The fourth-order valence-corrected chi connectivity index (χ4v) is 10.7. The Balaban J connectivity index is 1.07. The Kier molecular flexibility index (Phi) is 12.0. The Hall–Kier alpha value is -3.99. The number of unbranched alkanes of at least 4 members (excludes halogenated alkanes) is 11. The van der Waals surface area contributed by atoms with E-state index in [0.29, 0.717) is 17.9 Å². The van der Waals surface area contributed by atoms with E-state index in [4.69, 9.17) is 14.5 Å². The maximum Gasteiger partial charge on any atom is 0.135 e. The molecular weight excluding hydrogens is 673 g/mol. The van der Waals surface area contributed by atoms with Crippen LogP contribution < -0.4 is 4.74 Å². The van der Waals surface area contributed by atoms with Crippen LogP contribution in [0.5, 0.6) is 5.75 Å². The number of fused-ring (bicyclic) bond motifs is 4. The van der Waals surface area contributed by atoms with Crippen molar-refractivity contribution in [2.45, 2.75) is 116 Å². The van der Waals surface area contributed by atoms with Crippen molar-refractivity contribution in [1.29, 1.82) is 0 Å². The van der Waals surface area contributed by atoms with Crippen LogP contribution in [-0.2, 0) is 11.3 Å². The van der Waals surface area contributed by atoms with Crippen LogP contribution in [0.2, 0.25) is 0 Å². The molecule has 0 radical (unpaired) electrons. The summed E-state index contributed by atoms with van der Waals surface area (Å²) in [5.74, 6) is 2.04. The SMILES string of the molecule is C=CC1C[N+]2(Cc3ccc4ccc5cccc6ccc3c4c56)CCC1CC2[C@H](OCCCCCCCCCCCCCC)c1ccnc2ccc(OC)cc12. The Morgan fingerprint density at radius 1 is 0.782 bits per heavy atom. The van der Waals surface area contributed by atoms with Crippen LogP contribution >= 0.6 is 0 Å². The van der Waals surface area contributed by atoms with Crippen LogP contribution in [0.1, 0.15) is 114 Å². The van der Waals surface area contributed by atoms with E-state index in [2.05, 4.69) is 92.4 Å². The monoisotopic (exact) mass is 735 g/mol. The van der Waals surface area contributed by atoms with Crippen LogP contribution in [-0.4, -0.2) is 42.3 Å². The summed E-state index contributed by atoms with van der Waals surface area (Å²) in [4.78, 5) is 4.82. The number of piperidine rings is 3. The molecule has 3 saturated heterocycles. The quantitative estimate of drug-likeness (QED) is 0.0339. The predicted molar refractivity (Wildman–Crippen MR) is 232 cm³/mol. The van der Waals surface area contributed by atoms with Gasteiger partial charge in [0.1, 0.15) is 24.4 Å². The van der Waals surface area contributed by atoms with Crippen LogP contribution in [0.4, 0.5) is 0 Å². The summed E-state index contributed by atoms with van der Waals surface area (Å²) >= 11 is 0. The summed E-state index contributed by atoms with van der Waals surface area (Å²) in [6, 6.07) is 29.8. The number of methoxy groups -OCH3 is 1. The zero-order chi connectivity index (χ0) is 37.6. The van der Waals surface area contributed by atoms with Crippen LogP contribution in [0.3, 0.4) is 0 Å². The first-order valence-electron chi connectivity index (χ1n) is 21.8. The van der Waals surface area contributed by atoms with Gasteiger partial charge in [0.25, 0.3) is 0 Å². The van der Waals surface area contributed by atoms with Gasteiger partial charge in [0.15, 0.2) is 0 Å². The molecule has 0 spiro atoms. The lowest BCUT2D eigenvalue weighted by Gasteiger charge is -2.58. The second-order valence-corrected chi connectivity index (χ2v) is 17.1. The first-order valence-corrected chi connectivity index (χ1v) is 21.8. The molecule has 4 unspecified atom stereocenters. The topological polar surface area (TPSA) is 31.4 Å². The average molecular weight is 736 g/mol. The molecule has 4 nitrogen and oxygen atoms in total. The number of ether oxygens (including phenoxy) is 2. The van der Waals surface area contributed by atoms with Gasteiger partial charge >= 0.3 is 0 Å². The standard InChI is InChI=1S/C51H63N2O2/c1-4-6-7-8-9-10-11-12-13-14-15-16-32-55-51(45-28-30-52-47-27-25-43(54-3)34-46(45)47)48-33-41-29-31-53(48,35-37(41)5-2)36-42-23-22-40-21-20-38-18-17-19-39-24-26-44(42)50(40)49(38)39/h5,17-28,30,34,37,41,48,51H,2,4,6-16,29,31-33,35-36H2,1,3H3/q+1/t37?,41?,48?,51-,53?/m1/s1. The maximum atomic E-state index is 7.30. The summed E-state index contributed by atoms with van der Waals surface area (Å²) < 4.78 is 14.1. The van der Waals surface area contributed by atoms with Crippen molar-refractivity contribution in [3.05, 3.63) is 109 Å². The molecule has 2 bridgehead atoms. The van der Waals surface area contributed by atoms with E-state index < -0.39 is 0 Å². The molecule has 0 aliphatic carbocycles. The molecule has 0 amide bonds. The van der Waals surface area contributed by atoms with Gasteiger partial charge in [0.2, 0.25) is 0 Å². The number of aromatic nitrogens is 1. The van der Waals surface area contributed by atoms with Gasteiger partial charge in [0, 0.05) is 42.5 Å². The van der Waals surface area contributed by atoms with Crippen molar-refractivity contribution >= 4 is 43.2 Å². The largest absolute Gasteiger partial charge is 0.497 e. The zero-order valence-corrected chi connectivity index (χ0v) is 33.6. The van der Waals surface area contributed by atoms with E-state index in [9.17, 15) is 0 Å². The van der Waals surface area contributed by atoms with Gasteiger partial charge in [-0.1, -0.05) is 138 Å². The number of quaternary nitrogens is 1. The minimum atomic E-state index is -0.0290. The molecule has 3 aliphatic rings. The van der Waals surface area contributed by atoms with E-state index in [0.717, 1.165) is 53.7 Å². The first-order chi connectivity index (χ1) is 27.1. The molecule has 1 aromatic heterocycles. The maximum absolute atomic E-state index is 7.30. The second-order valence-electron chi connectivity index (χ2n) is 17.1. The summed E-state index contributed by atoms with van der Waals surface area (Å²) in [7, 11) is 1.76. The molecule has 0 N–H and O–H groups in total. The molecule has 9 rings (SSSR count). The van der Waals surface area contributed by atoms with Gasteiger partial charge in [-0.15, -0.1) is 6.58 Å². The van der Waals surface area contributed by atoms with Gasteiger partial charge in [-0.05, 0) is 74.5 Å². The number of pyridine rings is 1. The Bertz CT molecular complexity index is 2180. The van der Waals surface area contributed by atoms with Crippen molar-refractivity contribution in [3.8, 4) is 5.75 Å². The van der Waals surface area contributed by atoms with Crippen LogP contribution in [0.25, 0.3) is 43.2 Å². The van der Waals surface area contributed by atoms with Crippen molar-refractivity contribution in [2.24, 2.45) is 11.8 Å². The lowest BCUT2D eigenvalue weighted by molar-refractivity contribution is -0.984. The van der Waals surface area contributed by atoms with Gasteiger partial charge in [-0.2, -0.15) is 0 Å². The molecule has 6 aromatic rings. The normalized spacial score (nSPS) is 21.6. The van der Waals surface area contributed by atoms with Crippen molar-refractivity contribution < 1.29 is 14.0 Å². The summed E-state index contributed by atoms with van der Waals surface area (Å²) in [5.41, 5.74) is 3.74. The molecular formula is C51H63N2O2+. The molecule has 4 heteroatoms. The molecule has 3 fully saturated rings. The fourth-order valence-electron chi connectivity index (χ4n) is 10.7. The minimum Gasteiger partial charge on any atom is -0.497 e. The van der Waals surface area contributed by atoms with Crippen molar-refractivity contribution in [1.82, 2.24) is 4.98 Å². The third-order valence-electron chi connectivity index (χ3n) is 13.7. The number of nitrogens with zero attached hydrogens (tertiary/aromatic N) is 2.